The van der Waals surface area contributed by atoms with Crippen LogP contribution in [0.3, 0.4) is 0 Å². The molecule has 2 bridgehead atoms. The van der Waals surface area contributed by atoms with Crippen molar-refractivity contribution in [2.24, 2.45) is 21.9 Å². The zero-order valence-electron chi connectivity index (χ0n) is 16.7. The number of carbonyl (C=O) groups is 1. The van der Waals surface area contributed by atoms with Crippen molar-refractivity contribution in [3.63, 3.8) is 0 Å². The Bertz CT molecular complexity index is 1040. The molecule has 6 heteroatoms. The summed E-state index contributed by atoms with van der Waals surface area (Å²) in [5, 5.41) is 6.29. The van der Waals surface area contributed by atoms with Crippen LogP contribution in [0.2, 0.25) is 0 Å². The molecule has 0 radical (unpaired) electrons. The van der Waals surface area contributed by atoms with Gasteiger partial charge in [0.05, 0.1) is 5.71 Å². The summed E-state index contributed by atoms with van der Waals surface area (Å²) < 4.78 is 10.9. The van der Waals surface area contributed by atoms with E-state index >= 15 is 0 Å². The summed E-state index contributed by atoms with van der Waals surface area (Å²) in [6.07, 6.45) is 4.31. The molecule has 3 aliphatic rings. The van der Waals surface area contributed by atoms with E-state index in [1.807, 2.05) is 29.6 Å². The first kappa shape index (κ1) is 18.4. The first-order chi connectivity index (χ1) is 13.9. The summed E-state index contributed by atoms with van der Waals surface area (Å²) >= 11 is 1.36. The quantitative estimate of drug-likeness (QED) is 0.494. The van der Waals surface area contributed by atoms with Gasteiger partial charge in [-0.05, 0) is 65.0 Å². The highest BCUT2D eigenvalue weighted by Gasteiger charge is 2.63. The number of carbonyl (C=O) groups excluding carboxylic acids is 1. The fraction of sp³-hybridized carbons (Fsp3) is 0.391. The first-order valence-electron chi connectivity index (χ1n) is 9.85. The predicted octanol–water partition coefficient (Wildman–Crippen LogP) is 5.53. The van der Waals surface area contributed by atoms with Gasteiger partial charge in [-0.3, -0.25) is 0 Å². The maximum Gasteiger partial charge on any atom is 0.375 e. The molecule has 5 nitrogen and oxygen atoms in total. The molecule has 2 saturated carbocycles. The summed E-state index contributed by atoms with van der Waals surface area (Å²) in [6, 6.07) is 9.54. The Kier molecular flexibility index (Phi) is 4.10. The number of allylic oxidation sites excluding steroid dienone is 1. The maximum absolute atomic E-state index is 12.4. The molecule has 1 aliphatic heterocycles. The summed E-state index contributed by atoms with van der Waals surface area (Å²) in [7, 11) is 0. The molecule has 2 atom stereocenters. The molecular weight excluding hydrogens is 386 g/mol. The van der Waals surface area contributed by atoms with Crippen LogP contribution >= 0.6 is 11.3 Å². The van der Waals surface area contributed by atoms with E-state index in [9.17, 15) is 4.79 Å². The number of benzene rings is 1. The van der Waals surface area contributed by atoms with E-state index in [1.165, 1.54) is 11.3 Å². The Morgan fingerprint density at radius 2 is 2.07 bits per heavy atom. The summed E-state index contributed by atoms with van der Waals surface area (Å²) in [5.74, 6) is 1.50. The van der Waals surface area contributed by atoms with Crippen LogP contribution < -0.4 is 9.47 Å². The van der Waals surface area contributed by atoms with Gasteiger partial charge in [0.2, 0.25) is 6.79 Å². The minimum Gasteiger partial charge on any atom is -0.454 e. The van der Waals surface area contributed by atoms with Crippen molar-refractivity contribution in [3.05, 3.63) is 51.7 Å². The molecule has 0 unspecified atom stereocenters. The first-order valence-corrected chi connectivity index (χ1v) is 10.7. The third-order valence-electron chi connectivity index (χ3n) is 7.06. The molecule has 1 aromatic carbocycles. The number of hydrogen-bond donors (Lipinski definition) is 0. The van der Waals surface area contributed by atoms with Crippen molar-refractivity contribution in [3.8, 4) is 11.5 Å². The van der Waals surface area contributed by atoms with Gasteiger partial charge < -0.3 is 14.3 Å². The van der Waals surface area contributed by atoms with Gasteiger partial charge in [-0.2, -0.15) is 0 Å². The summed E-state index contributed by atoms with van der Waals surface area (Å²) in [6.45, 7) is 7.09. The zero-order valence-corrected chi connectivity index (χ0v) is 17.5. The van der Waals surface area contributed by atoms with Crippen LogP contribution in [0.15, 0.2) is 46.4 Å². The molecule has 2 heterocycles. The van der Waals surface area contributed by atoms with Gasteiger partial charge in [0.15, 0.2) is 11.5 Å². The molecule has 0 spiro atoms. The molecule has 0 amide bonds. The van der Waals surface area contributed by atoms with Crippen LogP contribution in [0, 0.1) is 16.7 Å². The van der Waals surface area contributed by atoms with Crippen LogP contribution in [0.25, 0.3) is 6.08 Å². The monoisotopic (exact) mass is 409 g/mol. The van der Waals surface area contributed by atoms with Crippen LogP contribution in [-0.2, 0) is 4.84 Å². The molecular formula is C23H23NO4S. The lowest BCUT2D eigenvalue weighted by molar-refractivity contribution is 0.0515. The Balaban J connectivity index is 1.53. The maximum atomic E-state index is 12.4. The van der Waals surface area contributed by atoms with Gasteiger partial charge in [-0.15, -0.1) is 11.3 Å². The van der Waals surface area contributed by atoms with Gasteiger partial charge in [-0.1, -0.05) is 38.1 Å². The second-order valence-electron chi connectivity index (χ2n) is 8.65. The molecule has 1 aromatic heterocycles. The highest BCUT2D eigenvalue weighted by atomic mass is 32.1. The second-order valence-corrected chi connectivity index (χ2v) is 9.60. The third-order valence-corrected chi connectivity index (χ3v) is 7.91. The van der Waals surface area contributed by atoms with E-state index in [4.69, 9.17) is 14.3 Å². The molecule has 0 N–H and O–H groups in total. The van der Waals surface area contributed by atoms with Gasteiger partial charge in [-0.25, -0.2) is 4.79 Å². The van der Waals surface area contributed by atoms with E-state index in [1.54, 1.807) is 6.07 Å². The lowest BCUT2D eigenvalue weighted by Gasteiger charge is -2.33. The number of nitrogens with zero attached hydrogens (tertiary/aromatic N) is 1. The number of hydrogen-bond acceptors (Lipinski definition) is 6. The van der Waals surface area contributed by atoms with Crippen molar-refractivity contribution in [2.45, 2.75) is 33.6 Å². The number of oxime groups is 1. The number of ether oxygens (including phenoxy) is 2. The smallest absolute Gasteiger partial charge is 0.375 e. The Morgan fingerprint density at radius 1 is 1.24 bits per heavy atom. The van der Waals surface area contributed by atoms with Crippen molar-refractivity contribution in [2.75, 3.05) is 6.79 Å². The molecule has 150 valence electrons. The molecule has 0 saturated heterocycles. The Labute approximate surface area is 174 Å². The number of thiophene rings is 1. The van der Waals surface area contributed by atoms with Crippen LogP contribution in [0.4, 0.5) is 0 Å². The Hall–Kier alpha value is -2.60. The molecule has 2 aromatic rings. The topological polar surface area (TPSA) is 57.1 Å². The zero-order chi connectivity index (χ0) is 20.2. The van der Waals surface area contributed by atoms with Crippen LogP contribution in [-0.4, -0.2) is 18.5 Å². The fourth-order valence-corrected chi connectivity index (χ4v) is 5.58. The fourth-order valence-electron chi connectivity index (χ4n) is 4.98. The standard InChI is InChI=1S/C23H23NO4S/c1-22(2)16-8-9-23(22,3)20(24-28-21(25)19-5-4-10-29-19)15(16)11-14-6-7-17-18(12-14)27-13-26-17/h4-7,10-12,16H,8-9,13H2,1-3H3/b15-11+,24-20+/t16-,23-/m0/s1. The lowest BCUT2D eigenvalue weighted by atomic mass is 9.70. The van der Waals surface area contributed by atoms with Crippen molar-refractivity contribution in [1.82, 2.24) is 0 Å². The second kappa shape index (κ2) is 6.46. The lowest BCUT2D eigenvalue weighted by Crippen LogP contribution is -2.33. The van der Waals surface area contributed by atoms with Crippen molar-refractivity contribution >= 4 is 29.1 Å². The summed E-state index contributed by atoms with van der Waals surface area (Å²) in [4.78, 5) is 18.3. The van der Waals surface area contributed by atoms with Crippen LogP contribution in [0.1, 0.15) is 48.8 Å². The SMILES string of the molecule is CC1(C)[C@H]2CC[C@@]1(C)C(=N/OC(=O)c1cccs1)/C2=C/c1ccc2c(c1)OCO2. The highest BCUT2D eigenvalue weighted by molar-refractivity contribution is 7.11. The van der Waals surface area contributed by atoms with Gasteiger partial charge in [0.1, 0.15) is 4.88 Å². The van der Waals surface area contributed by atoms with E-state index in [2.05, 4.69) is 32.0 Å². The highest BCUT2D eigenvalue weighted by Crippen LogP contribution is 2.66. The minimum absolute atomic E-state index is 0.0450. The molecule has 2 aliphatic carbocycles. The van der Waals surface area contributed by atoms with Gasteiger partial charge in [0.25, 0.3) is 0 Å². The Morgan fingerprint density at radius 3 is 2.86 bits per heavy atom. The molecule has 29 heavy (non-hydrogen) atoms. The van der Waals surface area contributed by atoms with E-state index in [-0.39, 0.29) is 17.6 Å². The number of rotatable bonds is 3. The van der Waals surface area contributed by atoms with Crippen LogP contribution in [0.5, 0.6) is 11.5 Å². The minimum atomic E-state index is -0.404. The van der Waals surface area contributed by atoms with Crippen molar-refractivity contribution < 1.29 is 19.1 Å². The average molecular weight is 410 g/mol. The normalized spacial score (nSPS) is 29.0. The molecule has 5 rings (SSSR count). The van der Waals surface area contributed by atoms with E-state index in [0.29, 0.717) is 10.8 Å². The van der Waals surface area contributed by atoms with E-state index in [0.717, 1.165) is 41.2 Å². The van der Waals surface area contributed by atoms with Gasteiger partial charge >= 0.3 is 5.97 Å². The van der Waals surface area contributed by atoms with Crippen molar-refractivity contribution in [1.29, 1.82) is 0 Å². The average Bonchev–Trinajstić information content (AvgIpc) is 3.44. The number of fused-ring (bicyclic) bond motifs is 3. The largest absolute Gasteiger partial charge is 0.454 e. The van der Waals surface area contributed by atoms with E-state index < -0.39 is 5.97 Å². The van der Waals surface area contributed by atoms with Gasteiger partial charge in [0, 0.05) is 5.41 Å². The summed E-state index contributed by atoms with van der Waals surface area (Å²) in [5.41, 5.74) is 3.00. The predicted molar refractivity (Wildman–Crippen MR) is 112 cm³/mol. The third kappa shape index (κ3) is 2.73. The molecule has 2 fully saturated rings.